The number of hydrogen-bond donors (Lipinski definition) is 1. The topological polar surface area (TPSA) is 86.3 Å². The third kappa shape index (κ3) is 6.19. The zero-order valence-electron chi connectivity index (χ0n) is 29.8. The number of esters is 1. The van der Waals surface area contributed by atoms with Crippen LogP contribution in [-0.4, -0.2) is 81.3 Å². The third-order valence-corrected chi connectivity index (χ3v) is 13.9. The summed E-state index contributed by atoms with van der Waals surface area (Å²) in [6.07, 6.45) is 11.8. The van der Waals surface area contributed by atoms with E-state index in [1.54, 1.807) is 0 Å². The molecule has 3 saturated heterocycles. The fraction of sp³-hybridized carbons (Fsp3) is 0.946. The highest BCUT2D eigenvalue weighted by molar-refractivity contribution is 5.69. The van der Waals surface area contributed by atoms with Gasteiger partial charge in [0.2, 0.25) is 0 Å². The van der Waals surface area contributed by atoms with Crippen molar-refractivity contribution in [2.24, 2.45) is 39.4 Å². The van der Waals surface area contributed by atoms with Gasteiger partial charge in [-0.3, -0.25) is 4.79 Å². The molecular formula is C37H64N2O6. The van der Waals surface area contributed by atoms with Gasteiger partial charge in [0, 0.05) is 37.5 Å². The van der Waals surface area contributed by atoms with Crippen molar-refractivity contribution in [3.63, 3.8) is 0 Å². The van der Waals surface area contributed by atoms with Gasteiger partial charge < -0.3 is 29.2 Å². The van der Waals surface area contributed by atoms with Crippen LogP contribution in [0.15, 0.2) is 0 Å². The number of hydrogen-bond acceptors (Lipinski definition) is 7. The van der Waals surface area contributed by atoms with Crippen molar-refractivity contribution in [2.45, 2.75) is 143 Å². The molecule has 0 bridgehead atoms. The van der Waals surface area contributed by atoms with Crippen LogP contribution in [0.3, 0.4) is 0 Å². The maximum Gasteiger partial charge on any atom is 0.410 e. The molecule has 3 saturated carbocycles. The molecule has 6 rings (SSSR count). The standard InChI is InChI=1S/C35H58N2O6.C2H6/c1-7-33(5)14-15-35-22-34(35)13-12-28(43-31(39)37-16-18-41-19-17-37)32(3,4)26(34)9-10-27(35)36-21-25-30(33)23(2)20-24(42-25)8-11-29(38)40-6;1-2/h23-28,30,36H,7-22H2,1-6H3;1-2H3/t23-,24?,25?,26?,27-,28+,30?,33-,34?,35+;/m1./s1. The molecule has 3 heterocycles. The maximum atomic E-state index is 13.1. The Balaban J connectivity index is 0.00000196. The predicted octanol–water partition coefficient (Wildman–Crippen LogP) is 6.99. The van der Waals surface area contributed by atoms with Gasteiger partial charge in [0.1, 0.15) is 6.10 Å². The number of nitrogens with zero attached hydrogens (tertiary/aromatic N) is 1. The lowest BCUT2D eigenvalue weighted by atomic mass is 9.52. The van der Waals surface area contributed by atoms with Crippen LogP contribution >= 0.6 is 0 Å². The van der Waals surface area contributed by atoms with Crippen molar-refractivity contribution in [3.8, 4) is 0 Å². The Hall–Kier alpha value is -1.38. The lowest BCUT2D eigenvalue weighted by Crippen LogP contribution is -2.56. The van der Waals surface area contributed by atoms with Crippen LogP contribution in [0.25, 0.3) is 0 Å². The second kappa shape index (κ2) is 13.6. The van der Waals surface area contributed by atoms with Crippen molar-refractivity contribution in [1.29, 1.82) is 0 Å². The third-order valence-electron chi connectivity index (χ3n) is 13.9. The van der Waals surface area contributed by atoms with Gasteiger partial charge in [0.15, 0.2) is 0 Å². The first-order chi connectivity index (χ1) is 21.5. The van der Waals surface area contributed by atoms with Gasteiger partial charge in [0.25, 0.3) is 0 Å². The Labute approximate surface area is 273 Å². The van der Waals surface area contributed by atoms with Gasteiger partial charge in [0.05, 0.1) is 32.5 Å². The van der Waals surface area contributed by atoms with E-state index >= 15 is 0 Å². The van der Waals surface area contributed by atoms with E-state index in [2.05, 4.69) is 39.9 Å². The van der Waals surface area contributed by atoms with Crippen molar-refractivity contribution < 1.29 is 28.5 Å². The summed E-state index contributed by atoms with van der Waals surface area (Å²) in [5, 5.41) is 4.15. The molecule has 0 aromatic heterocycles. The summed E-state index contributed by atoms with van der Waals surface area (Å²) in [6.45, 7) is 19.5. The highest BCUT2D eigenvalue weighted by Crippen LogP contribution is 2.82. The van der Waals surface area contributed by atoms with Crippen LogP contribution in [0, 0.1) is 39.4 Å². The van der Waals surface area contributed by atoms with E-state index in [0.29, 0.717) is 67.3 Å². The maximum absolute atomic E-state index is 13.1. The van der Waals surface area contributed by atoms with Crippen LogP contribution in [0.2, 0.25) is 0 Å². The van der Waals surface area contributed by atoms with Gasteiger partial charge in [-0.15, -0.1) is 0 Å². The van der Waals surface area contributed by atoms with Crippen molar-refractivity contribution in [2.75, 3.05) is 40.0 Å². The first kappa shape index (κ1) is 34.9. The Kier molecular flexibility index (Phi) is 10.6. The minimum absolute atomic E-state index is 0.0306. The van der Waals surface area contributed by atoms with E-state index in [-0.39, 0.29) is 41.2 Å². The smallest absolute Gasteiger partial charge is 0.410 e. The van der Waals surface area contributed by atoms with E-state index in [9.17, 15) is 9.59 Å². The molecule has 6 fully saturated rings. The van der Waals surface area contributed by atoms with Gasteiger partial charge in [-0.2, -0.15) is 0 Å². The molecule has 5 unspecified atom stereocenters. The van der Waals surface area contributed by atoms with Crippen LogP contribution in [0.4, 0.5) is 4.79 Å². The molecule has 8 nitrogen and oxygen atoms in total. The molecule has 1 amide bonds. The first-order valence-corrected chi connectivity index (χ1v) is 18.5. The quantitative estimate of drug-likeness (QED) is 0.327. The fourth-order valence-corrected chi connectivity index (χ4v) is 11.4. The van der Waals surface area contributed by atoms with Gasteiger partial charge in [-0.05, 0) is 91.8 Å². The molecular weight excluding hydrogens is 568 g/mol. The molecule has 6 aliphatic rings. The van der Waals surface area contributed by atoms with Crippen LogP contribution in [0.1, 0.15) is 119 Å². The summed E-state index contributed by atoms with van der Waals surface area (Å²) in [4.78, 5) is 26.8. The number of rotatable bonds is 5. The second-order valence-corrected chi connectivity index (χ2v) is 16.1. The zero-order valence-corrected chi connectivity index (χ0v) is 29.8. The van der Waals surface area contributed by atoms with Gasteiger partial charge >= 0.3 is 12.1 Å². The number of methoxy groups -OCH3 is 1. The molecule has 3 aliphatic heterocycles. The van der Waals surface area contributed by atoms with Crippen molar-refractivity contribution in [3.05, 3.63) is 0 Å². The number of carbonyl (C=O) groups is 2. The molecule has 0 aromatic rings. The van der Waals surface area contributed by atoms with Gasteiger partial charge in [-0.25, -0.2) is 4.79 Å². The van der Waals surface area contributed by atoms with E-state index in [4.69, 9.17) is 18.9 Å². The van der Waals surface area contributed by atoms with E-state index in [1.807, 2.05) is 18.7 Å². The van der Waals surface area contributed by atoms with Crippen molar-refractivity contribution in [1.82, 2.24) is 10.2 Å². The average Bonchev–Trinajstić information content (AvgIpc) is 3.72. The minimum atomic E-state index is -0.152. The molecule has 258 valence electrons. The fourth-order valence-electron chi connectivity index (χ4n) is 11.4. The summed E-state index contributed by atoms with van der Waals surface area (Å²) in [5.74, 6) is 1.49. The Bertz CT molecular complexity index is 1050. The molecule has 0 aromatic carbocycles. The molecule has 1 N–H and O–H groups in total. The normalized spacial score (nSPS) is 43.6. The SMILES string of the molecule is CC.CC[C@]1(C)CC[C@@]23CC24CC[C@H](OC(=O)N2CCOCC2)C(C)(C)C4CC[C@H]3NCC2OC(CCC(=O)OC)C[C@@H](C)C21. The minimum Gasteiger partial charge on any atom is -0.469 e. The van der Waals surface area contributed by atoms with E-state index < -0.39 is 0 Å². The predicted molar refractivity (Wildman–Crippen MR) is 176 cm³/mol. The lowest BCUT2D eigenvalue weighted by molar-refractivity contribution is -0.152. The molecule has 2 spiro atoms. The Morgan fingerprint density at radius 2 is 1.73 bits per heavy atom. The Morgan fingerprint density at radius 1 is 1.00 bits per heavy atom. The second-order valence-electron chi connectivity index (χ2n) is 16.1. The molecule has 3 aliphatic carbocycles. The molecule has 8 heteroatoms. The van der Waals surface area contributed by atoms with E-state index in [0.717, 1.165) is 32.2 Å². The number of morpholine rings is 1. The number of ether oxygens (including phenoxy) is 4. The largest absolute Gasteiger partial charge is 0.469 e. The van der Waals surface area contributed by atoms with Gasteiger partial charge in [-0.1, -0.05) is 54.9 Å². The summed E-state index contributed by atoms with van der Waals surface area (Å²) < 4.78 is 23.6. The van der Waals surface area contributed by atoms with Crippen LogP contribution in [-0.2, 0) is 23.7 Å². The number of amides is 1. The monoisotopic (exact) mass is 632 g/mol. The lowest BCUT2D eigenvalue weighted by Gasteiger charge is -2.55. The Morgan fingerprint density at radius 3 is 2.42 bits per heavy atom. The van der Waals surface area contributed by atoms with E-state index in [1.165, 1.54) is 45.6 Å². The summed E-state index contributed by atoms with van der Waals surface area (Å²) in [7, 11) is 1.47. The number of carbonyl (C=O) groups excluding carboxylic acids is 2. The number of nitrogens with one attached hydrogen (secondary N) is 1. The van der Waals surface area contributed by atoms with Crippen LogP contribution in [0.5, 0.6) is 0 Å². The molecule has 0 radical (unpaired) electrons. The van der Waals surface area contributed by atoms with Crippen LogP contribution < -0.4 is 5.32 Å². The number of fused-ring (bicyclic) bond motifs is 1. The summed E-state index contributed by atoms with van der Waals surface area (Å²) >= 11 is 0. The summed E-state index contributed by atoms with van der Waals surface area (Å²) in [5.41, 5.74) is 0.845. The molecule has 45 heavy (non-hydrogen) atoms. The van der Waals surface area contributed by atoms with Crippen molar-refractivity contribution >= 4 is 12.1 Å². The zero-order chi connectivity index (χ0) is 32.6. The average molecular weight is 633 g/mol. The highest BCUT2D eigenvalue weighted by atomic mass is 16.6. The summed E-state index contributed by atoms with van der Waals surface area (Å²) in [6, 6.07) is 0.515. The molecule has 10 atom stereocenters. The highest BCUT2D eigenvalue weighted by Gasteiger charge is 2.77. The first-order valence-electron chi connectivity index (χ1n) is 18.5.